The second kappa shape index (κ2) is 6.73. The van der Waals surface area contributed by atoms with E-state index in [0.29, 0.717) is 6.04 Å². The van der Waals surface area contributed by atoms with Gasteiger partial charge in [-0.25, -0.2) is 9.67 Å². The zero-order chi connectivity index (χ0) is 16.4. The van der Waals surface area contributed by atoms with Gasteiger partial charge in [-0.3, -0.25) is 9.69 Å². The van der Waals surface area contributed by atoms with Crippen LogP contribution >= 0.6 is 0 Å². The number of benzene rings is 1. The van der Waals surface area contributed by atoms with E-state index < -0.39 is 0 Å². The fraction of sp³-hybridized carbons (Fsp3) is 0.500. The minimum Gasteiger partial charge on any atom is -0.311 e. The first kappa shape index (κ1) is 15.3. The zero-order valence-corrected chi connectivity index (χ0v) is 13.8. The fourth-order valence-electron chi connectivity index (χ4n) is 3.95. The van der Waals surface area contributed by atoms with Crippen molar-refractivity contribution < 1.29 is 4.79 Å². The van der Waals surface area contributed by atoms with Crippen LogP contribution in [0, 0.1) is 0 Å². The molecule has 126 valence electrons. The Kier molecular flexibility index (Phi) is 4.30. The summed E-state index contributed by atoms with van der Waals surface area (Å²) in [6.07, 6.45) is 7.57. The Labute approximate surface area is 142 Å². The van der Waals surface area contributed by atoms with Crippen molar-refractivity contribution in [1.29, 1.82) is 0 Å². The van der Waals surface area contributed by atoms with Crippen LogP contribution in [-0.4, -0.2) is 51.2 Å². The van der Waals surface area contributed by atoms with Crippen LogP contribution in [0.4, 0.5) is 5.69 Å². The molecule has 1 aromatic carbocycles. The predicted octanol–water partition coefficient (Wildman–Crippen LogP) is 2.11. The Morgan fingerprint density at radius 2 is 1.88 bits per heavy atom. The van der Waals surface area contributed by atoms with Gasteiger partial charge in [-0.05, 0) is 44.4 Å². The maximum Gasteiger partial charge on any atom is 0.244 e. The summed E-state index contributed by atoms with van der Waals surface area (Å²) < 4.78 is 1.94. The summed E-state index contributed by atoms with van der Waals surface area (Å²) in [5.74, 6) is 0.242. The van der Waals surface area contributed by atoms with Crippen molar-refractivity contribution in [2.75, 3.05) is 24.5 Å². The number of anilines is 1. The lowest BCUT2D eigenvalue weighted by atomic mass is 9.97. The molecular formula is C18H23N5O. The summed E-state index contributed by atoms with van der Waals surface area (Å²) in [4.78, 5) is 21.4. The molecule has 1 aromatic heterocycles. The third-order valence-electron chi connectivity index (χ3n) is 5.16. The largest absolute Gasteiger partial charge is 0.311 e. The minimum absolute atomic E-state index is 0.00900. The molecule has 0 spiro atoms. The quantitative estimate of drug-likeness (QED) is 0.867. The summed E-state index contributed by atoms with van der Waals surface area (Å²) in [5.41, 5.74) is 1.01. The number of aromatic nitrogens is 3. The van der Waals surface area contributed by atoms with E-state index in [1.54, 1.807) is 12.7 Å². The monoisotopic (exact) mass is 325 g/mol. The number of para-hydroxylation sites is 1. The summed E-state index contributed by atoms with van der Waals surface area (Å²) in [7, 11) is 0. The number of likely N-dealkylation sites (tertiary alicyclic amines) is 1. The van der Waals surface area contributed by atoms with Gasteiger partial charge in [0.2, 0.25) is 5.91 Å². The highest BCUT2D eigenvalue weighted by Crippen LogP contribution is 2.28. The molecule has 2 aliphatic heterocycles. The van der Waals surface area contributed by atoms with Gasteiger partial charge in [-0.1, -0.05) is 18.2 Å². The second-order valence-electron chi connectivity index (χ2n) is 6.65. The van der Waals surface area contributed by atoms with Crippen molar-refractivity contribution in [3.05, 3.63) is 43.0 Å². The molecule has 0 saturated carbocycles. The number of piperidine rings is 2. The molecule has 0 aliphatic carbocycles. The molecule has 24 heavy (non-hydrogen) atoms. The van der Waals surface area contributed by atoms with Crippen molar-refractivity contribution >= 4 is 11.6 Å². The van der Waals surface area contributed by atoms with Crippen molar-refractivity contribution in [2.45, 2.75) is 37.8 Å². The fourth-order valence-corrected chi connectivity index (χ4v) is 3.95. The van der Waals surface area contributed by atoms with Crippen molar-refractivity contribution in [3.8, 4) is 0 Å². The van der Waals surface area contributed by atoms with Gasteiger partial charge in [-0.15, -0.1) is 0 Å². The van der Waals surface area contributed by atoms with Crippen LogP contribution in [-0.2, 0) is 4.79 Å². The maximum atomic E-state index is 13.1. The molecule has 0 N–H and O–H groups in total. The predicted molar refractivity (Wildman–Crippen MR) is 91.7 cm³/mol. The average Bonchev–Trinajstić information content (AvgIpc) is 3.18. The van der Waals surface area contributed by atoms with Crippen LogP contribution in [0.2, 0.25) is 0 Å². The Morgan fingerprint density at radius 3 is 2.67 bits per heavy atom. The molecule has 2 atom stereocenters. The molecule has 6 heteroatoms. The molecule has 0 bridgehead atoms. The van der Waals surface area contributed by atoms with E-state index in [1.807, 2.05) is 39.9 Å². The summed E-state index contributed by atoms with van der Waals surface area (Å²) in [6.45, 7) is 2.69. The number of rotatable bonds is 3. The third kappa shape index (κ3) is 2.94. The lowest BCUT2D eigenvalue weighted by Crippen LogP contribution is -2.55. The van der Waals surface area contributed by atoms with E-state index >= 15 is 0 Å². The third-order valence-corrected chi connectivity index (χ3v) is 5.16. The summed E-state index contributed by atoms with van der Waals surface area (Å²) in [5, 5.41) is 4.28. The van der Waals surface area contributed by atoms with E-state index in [9.17, 15) is 4.79 Å². The highest BCUT2D eigenvalue weighted by Gasteiger charge is 2.36. The highest BCUT2D eigenvalue weighted by atomic mass is 16.2. The van der Waals surface area contributed by atoms with Gasteiger partial charge < -0.3 is 4.90 Å². The number of carbonyl (C=O) groups excluding carboxylic acids is 1. The van der Waals surface area contributed by atoms with Gasteiger partial charge in [0.25, 0.3) is 0 Å². The van der Waals surface area contributed by atoms with Crippen molar-refractivity contribution in [1.82, 2.24) is 19.7 Å². The smallest absolute Gasteiger partial charge is 0.244 e. The lowest BCUT2D eigenvalue weighted by molar-refractivity contribution is -0.126. The van der Waals surface area contributed by atoms with E-state index in [4.69, 9.17) is 0 Å². The van der Waals surface area contributed by atoms with Crippen LogP contribution < -0.4 is 4.90 Å². The summed E-state index contributed by atoms with van der Waals surface area (Å²) in [6, 6.07) is 10.3. The lowest BCUT2D eigenvalue weighted by Gasteiger charge is -2.42. The van der Waals surface area contributed by atoms with Gasteiger partial charge in [0, 0.05) is 18.8 Å². The molecule has 2 aliphatic rings. The number of nitrogens with zero attached hydrogens (tertiary/aromatic N) is 5. The maximum absolute atomic E-state index is 13.1. The topological polar surface area (TPSA) is 54.3 Å². The molecular weight excluding hydrogens is 302 g/mol. The van der Waals surface area contributed by atoms with Gasteiger partial charge in [0.1, 0.15) is 12.7 Å². The van der Waals surface area contributed by atoms with Crippen molar-refractivity contribution in [3.63, 3.8) is 0 Å². The molecule has 2 aromatic rings. The Balaban J connectivity index is 1.50. The standard InChI is InChI=1S/C18H23N5O/c24-18-17(9-5-11-22(18)15-6-2-1-3-7-15)21-10-4-8-16(12-21)23-14-19-13-20-23/h1-3,6-7,13-14,16-17H,4-5,8-12H2. The van der Waals surface area contributed by atoms with Crippen LogP contribution in [0.3, 0.4) is 0 Å². The first-order chi connectivity index (χ1) is 11.8. The SMILES string of the molecule is O=C1C(N2CCCC(n3cncn3)C2)CCCN1c1ccccc1. The molecule has 3 heterocycles. The molecule has 4 rings (SSSR count). The number of amides is 1. The molecule has 1 amide bonds. The van der Waals surface area contributed by atoms with E-state index in [1.165, 1.54) is 0 Å². The number of hydrogen-bond donors (Lipinski definition) is 0. The molecule has 2 saturated heterocycles. The van der Waals surface area contributed by atoms with Crippen LogP contribution in [0.25, 0.3) is 0 Å². The van der Waals surface area contributed by atoms with Crippen molar-refractivity contribution in [2.24, 2.45) is 0 Å². The first-order valence-corrected chi connectivity index (χ1v) is 8.77. The van der Waals surface area contributed by atoms with E-state index in [2.05, 4.69) is 15.0 Å². The van der Waals surface area contributed by atoms with Gasteiger partial charge in [-0.2, -0.15) is 5.10 Å². The van der Waals surface area contributed by atoms with Crippen LogP contribution in [0.15, 0.2) is 43.0 Å². The van der Waals surface area contributed by atoms with Crippen LogP contribution in [0.1, 0.15) is 31.7 Å². The molecule has 2 unspecified atom stereocenters. The first-order valence-electron chi connectivity index (χ1n) is 8.77. The highest BCUT2D eigenvalue weighted by molar-refractivity contribution is 5.97. The Morgan fingerprint density at radius 1 is 1.04 bits per heavy atom. The minimum atomic E-state index is -0.00900. The number of carbonyl (C=O) groups is 1. The molecule has 6 nitrogen and oxygen atoms in total. The normalized spacial score (nSPS) is 25.8. The summed E-state index contributed by atoms with van der Waals surface area (Å²) >= 11 is 0. The van der Waals surface area contributed by atoms with E-state index in [0.717, 1.165) is 51.0 Å². The van der Waals surface area contributed by atoms with E-state index in [-0.39, 0.29) is 11.9 Å². The van der Waals surface area contributed by atoms with Gasteiger partial charge in [0.05, 0.1) is 12.1 Å². The van der Waals surface area contributed by atoms with Gasteiger partial charge in [0.15, 0.2) is 0 Å². The molecule has 0 radical (unpaired) electrons. The van der Waals surface area contributed by atoms with Gasteiger partial charge >= 0.3 is 0 Å². The van der Waals surface area contributed by atoms with Crippen LogP contribution in [0.5, 0.6) is 0 Å². The Hall–Kier alpha value is -2.21. The molecule has 2 fully saturated rings. The zero-order valence-electron chi connectivity index (χ0n) is 13.8. The second-order valence-corrected chi connectivity index (χ2v) is 6.65. The Bertz CT molecular complexity index is 672. The average molecular weight is 325 g/mol. The number of hydrogen-bond acceptors (Lipinski definition) is 4.